The zero-order valence-corrected chi connectivity index (χ0v) is 15.6. The molecule has 1 fully saturated rings. The second-order valence-electron chi connectivity index (χ2n) is 6.68. The van der Waals surface area contributed by atoms with Crippen LogP contribution in [0.2, 0.25) is 0 Å². The summed E-state index contributed by atoms with van der Waals surface area (Å²) in [4.78, 5) is 12.5. The Morgan fingerprint density at radius 3 is 2.68 bits per heavy atom. The topological polar surface area (TPSA) is 101 Å². The van der Waals surface area contributed by atoms with Crippen LogP contribution in [0.25, 0.3) is 0 Å². The van der Waals surface area contributed by atoms with Gasteiger partial charge in [-0.1, -0.05) is 38.7 Å². The van der Waals surface area contributed by atoms with Gasteiger partial charge in [-0.05, 0) is 37.5 Å². The highest BCUT2D eigenvalue weighted by atomic mass is 32.2. The third kappa shape index (κ3) is 5.80. The van der Waals surface area contributed by atoms with E-state index in [1.54, 1.807) is 12.1 Å². The van der Waals surface area contributed by atoms with Crippen LogP contribution in [0, 0.1) is 0 Å². The number of carbonyl (C=O) groups excluding carboxylic acids is 1. The number of rotatable bonds is 9. The normalized spacial score (nSPS) is 16.7. The van der Waals surface area contributed by atoms with Crippen LogP contribution in [0.15, 0.2) is 29.2 Å². The molecule has 1 saturated carbocycles. The number of sulfonamides is 1. The van der Waals surface area contributed by atoms with Crippen molar-refractivity contribution < 1.29 is 13.2 Å². The van der Waals surface area contributed by atoms with Crippen molar-refractivity contribution in [3.63, 3.8) is 0 Å². The van der Waals surface area contributed by atoms with Crippen LogP contribution in [0.1, 0.15) is 62.2 Å². The molecule has 0 saturated heterocycles. The molecule has 25 heavy (non-hydrogen) atoms. The molecule has 0 bridgehead atoms. The van der Waals surface area contributed by atoms with Crippen LogP contribution in [-0.2, 0) is 10.0 Å². The highest BCUT2D eigenvalue weighted by molar-refractivity contribution is 7.89. The van der Waals surface area contributed by atoms with Gasteiger partial charge in [-0.3, -0.25) is 4.79 Å². The monoisotopic (exact) mass is 367 g/mol. The van der Waals surface area contributed by atoms with Crippen LogP contribution < -0.4 is 15.8 Å². The molecule has 0 spiro atoms. The number of benzene rings is 1. The minimum absolute atomic E-state index is 0.00172. The Bertz CT molecular complexity index is 670. The third-order valence-electron chi connectivity index (χ3n) is 4.61. The first kappa shape index (κ1) is 19.9. The molecule has 1 aliphatic rings. The van der Waals surface area contributed by atoms with Crippen LogP contribution in [-0.4, -0.2) is 33.0 Å². The number of carbonyl (C=O) groups is 1. The second kappa shape index (κ2) is 9.31. The molecule has 1 aliphatic carbocycles. The van der Waals surface area contributed by atoms with Crippen LogP contribution in [0.5, 0.6) is 0 Å². The Labute approximate surface area is 150 Å². The summed E-state index contributed by atoms with van der Waals surface area (Å²) in [6.45, 7) is 2.45. The number of nitrogens with two attached hydrogens (primary N) is 1. The van der Waals surface area contributed by atoms with E-state index in [4.69, 9.17) is 5.73 Å². The molecule has 0 radical (unpaired) electrons. The first-order valence-electron chi connectivity index (χ1n) is 9.09. The maximum atomic E-state index is 12.5. The van der Waals surface area contributed by atoms with E-state index in [2.05, 4.69) is 17.0 Å². The highest BCUT2D eigenvalue weighted by Crippen LogP contribution is 2.21. The van der Waals surface area contributed by atoms with Crippen LogP contribution >= 0.6 is 0 Å². The van der Waals surface area contributed by atoms with Crippen molar-refractivity contribution in [1.82, 2.24) is 10.0 Å². The van der Waals surface area contributed by atoms with Gasteiger partial charge >= 0.3 is 0 Å². The van der Waals surface area contributed by atoms with E-state index in [0.717, 1.165) is 44.9 Å². The molecule has 1 atom stereocenters. The lowest BCUT2D eigenvalue weighted by Gasteiger charge is -2.17. The number of nitrogens with one attached hydrogen (secondary N) is 2. The maximum absolute atomic E-state index is 12.5. The van der Waals surface area contributed by atoms with Gasteiger partial charge in [0.1, 0.15) is 0 Å². The number of unbranched alkanes of at least 4 members (excludes halogenated alkanes) is 1. The Morgan fingerprint density at radius 2 is 2.04 bits per heavy atom. The summed E-state index contributed by atoms with van der Waals surface area (Å²) in [5.74, 6) is -0.288. The summed E-state index contributed by atoms with van der Waals surface area (Å²) in [5.41, 5.74) is 6.05. The van der Waals surface area contributed by atoms with Gasteiger partial charge in [-0.25, -0.2) is 13.1 Å². The molecule has 1 aromatic rings. The van der Waals surface area contributed by atoms with E-state index >= 15 is 0 Å². The average molecular weight is 368 g/mol. The third-order valence-corrected chi connectivity index (χ3v) is 6.13. The summed E-state index contributed by atoms with van der Waals surface area (Å²) in [7, 11) is -3.60. The van der Waals surface area contributed by atoms with Crippen molar-refractivity contribution in [1.29, 1.82) is 0 Å². The molecule has 7 heteroatoms. The van der Waals surface area contributed by atoms with Crippen molar-refractivity contribution >= 4 is 15.9 Å². The SMILES string of the molecule is CCCCC(CN)NC(=O)c1cccc(S(=O)(=O)NC2CCCC2)c1. The standard InChI is InChI=1S/C18H29N3O3S/c1-2-3-8-16(13-19)20-18(22)14-7-6-11-17(12-14)25(23,24)21-15-9-4-5-10-15/h6-7,11-12,15-16,21H,2-5,8-10,13,19H2,1H3,(H,20,22). The fourth-order valence-corrected chi connectivity index (χ4v) is 4.45. The van der Waals surface area contributed by atoms with Gasteiger partial charge in [0.25, 0.3) is 5.91 Å². The van der Waals surface area contributed by atoms with E-state index in [0.29, 0.717) is 12.1 Å². The van der Waals surface area contributed by atoms with Crippen molar-refractivity contribution in [2.24, 2.45) is 5.73 Å². The summed E-state index contributed by atoms with van der Waals surface area (Å²) in [6.07, 6.45) is 6.68. The van der Waals surface area contributed by atoms with Crippen molar-refractivity contribution in [3.8, 4) is 0 Å². The van der Waals surface area contributed by atoms with Crippen LogP contribution in [0.3, 0.4) is 0 Å². The Kier molecular flexibility index (Phi) is 7.40. The van der Waals surface area contributed by atoms with Crippen molar-refractivity contribution in [2.45, 2.75) is 68.8 Å². The zero-order chi connectivity index (χ0) is 18.3. The summed E-state index contributed by atoms with van der Waals surface area (Å²) < 4.78 is 27.8. The van der Waals surface area contributed by atoms with E-state index in [1.807, 2.05) is 0 Å². The summed E-state index contributed by atoms with van der Waals surface area (Å²) in [6, 6.07) is 6.08. The van der Waals surface area contributed by atoms with Gasteiger partial charge in [-0.2, -0.15) is 0 Å². The van der Waals surface area contributed by atoms with Gasteiger partial charge in [0.15, 0.2) is 0 Å². The Hall–Kier alpha value is -1.44. The smallest absolute Gasteiger partial charge is 0.251 e. The van der Waals surface area contributed by atoms with Gasteiger partial charge < -0.3 is 11.1 Å². The lowest BCUT2D eigenvalue weighted by atomic mass is 10.1. The van der Waals surface area contributed by atoms with E-state index < -0.39 is 10.0 Å². The Morgan fingerprint density at radius 1 is 1.32 bits per heavy atom. The molecule has 1 amide bonds. The zero-order valence-electron chi connectivity index (χ0n) is 14.8. The van der Waals surface area contributed by atoms with E-state index in [-0.39, 0.29) is 22.9 Å². The van der Waals surface area contributed by atoms with Gasteiger partial charge in [0.2, 0.25) is 10.0 Å². The first-order chi connectivity index (χ1) is 12.0. The van der Waals surface area contributed by atoms with Gasteiger partial charge in [-0.15, -0.1) is 0 Å². The molecule has 6 nitrogen and oxygen atoms in total. The average Bonchev–Trinajstić information content (AvgIpc) is 3.10. The van der Waals surface area contributed by atoms with E-state index in [9.17, 15) is 13.2 Å². The lowest BCUT2D eigenvalue weighted by molar-refractivity contribution is 0.0935. The minimum Gasteiger partial charge on any atom is -0.348 e. The summed E-state index contributed by atoms with van der Waals surface area (Å²) >= 11 is 0. The quantitative estimate of drug-likeness (QED) is 0.622. The molecule has 140 valence electrons. The second-order valence-corrected chi connectivity index (χ2v) is 8.39. The number of amides is 1. The highest BCUT2D eigenvalue weighted by Gasteiger charge is 2.23. The lowest BCUT2D eigenvalue weighted by Crippen LogP contribution is -2.40. The molecule has 2 rings (SSSR count). The van der Waals surface area contributed by atoms with Gasteiger partial charge in [0, 0.05) is 24.2 Å². The molecular weight excluding hydrogens is 338 g/mol. The number of hydrogen-bond donors (Lipinski definition) is 3. The largest absolute Gasteiger partial charge is 0.348 e. The van der Waals surface area contributed by atoms with Crippen LogP contribution in [0.4, 0.5) is 0 Å². The fraction of sp³-hybridized carbons (Fsp3) is 0.611. The summed E-state index contributed by atoms with van der Waals surface area (Å²) in [5, 5.41) is 2.89. The van der Waals surface area contributed by atoms with Crippen molar-refractivity contribution in [3.05, 3.63) is 29.8 Å². The molecular formula is C18H29N3O3S. The fourth-order valence-electron chi connectivity index (χ4n) is 3.10. The maximum Gasteiger partial charge on any atom is 0.251 e. The van der Waals surface area contributed by atoms with Gasteiger partial charge in [0.05, 0.1) is 4.90 Å². The predicted octanol–water partition coefficient (Wildman–Crippen LogP) is 2.15. The predicted molar refractivity (Wildman–Crippen MR) is 98.9 cm³/mol. The molecule has 4 N–H and O–H groups in total. The minimum atomic E-state index is -3.60. The first-order valence-corrected chi connectivity index (χ1v) is 10.6. The Balaban J connectivity index is 2.07. The molecule has 1 unspecified atom stereocenters. The molecule has 1 aromatic carbocycles. The van der Waals surface area contributed by atoms with Crippen molar-refractivity contribution in [2.75, 3.05) is 6.54 Å². The molecule has 0 aliphatic heterocycles. The number of hydrogen-bond acceptors (Lipinski definition) is 4. The van der Waals surface area contributed by atoms with E-state index in [1.165, 1.54) is 12.1 Å². The molecule has 0 aromatic heterocycles. The molecule has 0 heterocycles.